The van der Waals surface area contributed by atoms with Crippen LogP contribution >= 0.6 is 0 Å². The van der Waals surface area contributed by atoms with E-state index >= 15 is 0 Å². The second-order valence-corrected chi connectivity index (χ2v) is 15.1. The molecule has 1 aromatic carbocycles. The third-order valence-electron chi connectivity index (χ3n) is 9.95. The van der Waals surface area contributed by atoms with Crippen LogP contribution in [0.4, 0.5) is 0 Å². The fraction of sp³-hybridized carbons (Fsp3) is 0.535. The molecule has 1 aromatic heterocycles. The topological polar surface area (TPSA) is 393 Å². The molecule has 2 heterocycles. The number of unbranched alkanes of at least 4 members (excludes halogenated alkanes) is 1. The number of amides is 6. The molecule has 0 spiro atoms. The van der Waals surface area contributed by atoms with Crippen molar-refractivity contribution in [3.8, 4) is 5.75 Å². The second-order valence-electron chi connectivity index (χ2n) is 15.1. The Morgan fingerprint density at radius 1 is 0.826 bits per heavy atom. The van der Waals surface area contributed by atoms with Crippen LogP contribution in [-0.2, 0) is 81.0 Å². The van der Waals surface area contributed by atoms with Crippen molar-refractivity contribution in [1.82, 2.24) is 46.6 Å². The second kappa shape index (κ2) is 37.4. The van der Waals surface area contributed by atoms with E-state index in [1.807, 2.05) is 24.6 Å². The van der Waals surface area contributed by atoms with E-state index < -0.39 is 72.6 Å². The number of nitrogens with zero attached hydrogens (tertiary/aromatic N) is 4. The van der Waals surface area contributed by atoms with Gasteiger partial charge in [0, 0.05) is 38.2 Å². The van der Waals surface area contributed by atoms with Crippen molar-refractivity contribution in [2.24, 2.45) is 16.5 Å². The zero-order valence-corrected chi connectivity index (χ0v) is 40.6. The molecule has 26 heteroatoms. The molecule has 0 saturated carbocycles. The van der Waals surface area contributed by atoms with Gasteiger partial charge >= 0.3 is 26.1 Å². The number of carbonyl (C=O) groups excluding carboxylic acids is 9. The summed E-state index contributed by atoms with van der Waals surface area (Å²) in [7, 11) is 0. The number of rotatable bonds is 22. The third-order valence-corrected chi connectivity index (χ3v) is 9.95. The summed E-state index contributed by atoms with van der Waals surface area (Å²) in [6.07, 6.45) is 0.919. The molecule has 3 rings (SSSR count). The number of phenolic OH excluding ortho intramolecular Hbond substituents is 1. The Bertz CT molecular complexity index is 1910. The van der Waals surface area contributed by atoms with Gasteiger partial charge in [0.15, 0.2) is 5.96 Å². The first kappa shape index (κ1) is 64.5. The Morgan fingerprint density at radius 2 is 1.41 bits per heavy atom. The molecule has 380 valence electrons. The zero-order chi connectivity index (χ0) is 51.6. The van der Waals surface area contributed by atoms with Crippen molar-refractivity contribution in [2.45, 2.75) is 102 Å². The molecule has 2 aromatic rings. The summed E-state index contributed by atoms with van der Waals surface area (Å²) in [6, 6.07) is 2.31. The number of hydrogen-bond acceptors (Lipinski definition) is 14. The Balaban J connectivity index is 0. The van der Waals surface area contributed by atoms with Gasteiger partial charge in [-0.15, -0.1) is 6.54 Å². The van der Waals surface area contributed by atoms with Crippen LogP contribution in [0, 0.1) is 13.8 Å². The Labute approximate surface area is 414 Å². The molecule has 0 unspecified atom stereocenters. The van der Waals surface area contributed by atoms with Gasteiger partial charge < -0.3 is 78.6 Å². The summed E-state index contributed by atoms with van der Waals surface area (Å²) >= 11 is 0. The Morgan fingerprint density at radius 3 is 1.99 bits per heavy atom. The number of aryl methyl sites for hydroxylation is 2. The summed E-state index contributed by atoms with van der Waals surface area (Å²) in [4.78, 5) is 121. The maximum Gasteiger partial charge on any atom is 5.00 e. The average molecular weight is 1050 g/mol. The molecule has 6 amide bonds. The van der Waals surface area contributed by atoms with Crippen molar-refractivity contribution >= 4 is 67.7 Å². The molecule has 1 fully saturated rings. The number of hydrogen-bond donors (Lipinski definition) is 10. The van der Waals surface area contributed by atoms with E-state index in [4.69, 9.17) is 31.6 Å². The van der Waals surface area contributed by atoms with Gasteiger partial charge in [-0.2, -0.15) is 5.10 Å². The monoisotopic (exact) mass is 1050 g/mol. The number of carbonyl (C=O) groups is 7. The minimum atomic E-state index is -1.64. The fourth-order valence-corrected chi connectivity index (χ4v) is 6.74. The molecule has 13 N–H and O–H groups in total. The molecule has 0 aliphatic carbocycles. The van der Waals surface area contributed by atoms with Crippen LogP contribution in [0.5, 0.6) is 5.75 Å². The van der Waals surface area contributed by atoms with E-state index in [-0.39, 0.29) is 89.5 Å². The van der Waals surface area contributed by atoms with E-state index in [0.717, 1.165) is 11.4 Å². The number of aromatic nitrogens is 2. The van der Waals surface area contributed by atoms with Crippen molar-refractivity contribution in [3.63, 3.8) is 0 Å². The van der Waals surface area contributed by atoms with Gasteiger partial charge in [0.05, 0.1) is 25.2 Å². The minimum Gasteiger partial charge on any atom is -0.676 e. The Kier molecular flexibility index (Phi) is 34.9. The van der Waals surface area contributed by atoms with Crippen LogP contribution < -0.4 is 43.4 Å². The third kappa shape index (κ3) is 27.1. The normalized spacial score (nSPS) is 17.2. The SMILES string of the molecule is Cc1cc(C)n(CCN(CC[NH-])CCCC(=O)NCCCC[C@@H]2NC(=O)[C@H](CCCN=C(N)N)NC(=O)CNC(=O)[C@H](CC(=O)O)NC(=O)[C@@H](Cc3ccc(O)cc3)NC2=O)n1.[99Tc+5].[CH-]=O.[CH-]=O.[CH-]=O. The fourth-order valence-electron chi connectivity index (χ4n) is 6.74. The van der Waals surface area contributed by atoms with E-state index in [2.05, 4.69) is 67.3 Å². The maximum atomic E-state index is 14.0. The predicted octanol–water partition coefficient (Wildman–Crippen LogP) is -2.36. The number of guanidine groups is 1. The number of phenols is 1. The van der Waals surface area contributed by atoms with Crippen molar-refractivity contribution in [1.29, 1.82) is 0 Å². The molecule has 1 aliphatic rings. The van der Waals surface area contributed by atoms with Crippen LogP contribution in [0.15, 0.2) is 35.3 Å². The molecule has 4 atom stereocenters. The number of aliphatic imine (C=N–C) groups is 1. The smallest absolute Gasteiger partial charge is 0.676 e. The van der Waals surface area contributed by atoms with Gasteiger partial charge in [-0.1, -0.05) is 12.1 Å². The molecule has 25 nitrogen and oxygen atoms in total. The molecule has 1 aliphatic heterocycles. The zero-order valence-electron chi connectivity index (χ0n) is 38.7. The maximum absolute atomic E-state index is 14.0. The standard InChI is InChI=1S/C40H62N13O9.3CHO.Tc/c1-25-21-26(2)53(51-25)20-19-52(18-14-41)17-6-9-33(55)44-15-4-3-7-30-38(61)49-31(22-27-10-12-28(54)13-11-27)39(62)50-32(23-35(57)58)36(59)46-24-34(56)47-29(37(60)48-30)8-5-16-45-40(42)43;3*1-2;/h10-13,21,29-32,41,54H,3-9,14-20,22-24H2,1-2H3,(H,44,55)(H,46,59)(H,47,56)(H,48,60)(H,49,61)(H,50,62)(H,57,58)(H4,42,43,45);3*1H;/q4*-1;+5/t29-,30-,31+,32-;;;;/m0..../s1/i;;;;1+1. The van der Waals surface area contributed by atoms with Gasteiger partial charge in [-0.25, -0.2) is 0 Å². The molecule has 1 saturated heterocycles. The molecule has 0 bridgehead atoms. The van der Waals surface area contributed by atoms with Gasteiger partial charge in [0.2, 0.25) is 35.4 Å². The number of carboxylic acids is 1. The van der Waals surface area contributed by atoms with Crippen LogP contribution in [-0.4, -0.2) is 163 Å². The van der Waals surface area contributed by atoms with Crippen LogP contribution in [0.1, 0.15) is 68.3 Å². The summed E-state index contributed by atoms with van der Waals surface area (Å²) in [5, 5.41) is 39.2. The molecular weight excluding hydrogens is 989 g/mol. The minimum absolute atomic E-state index is 0. The first-order valence-electron chi connectivity index (χ1n) is 21.4. The van der Waals surface area contributed by atoms with Crippen molar-refractivity contribution in [2.75, 3.05) is 45.8 Å². The van der Waals surface area contributed by atoms with Gasteiger partial charge in [0.25, 0.3) is 0 Å². The number of nitrogens with one attached hydrogen (secondary N) is 7. The largest absolute Gasteiger partial charge is 5.00 e. The molecule has 0 radical (unpaired) electrons. The van der Waals surface area contributed by atoms with Crippen LogP contribution in [0.25, 0.3) is 5.73 Å². The summed E-state index contributed by atoms with van der Waals surface area (Å²) in [5.41, 5.74) is 21.0. The van der Waals surface area contributed by atoms with Gasteiger partial charge in [-0.3, -0.25) is 63.6 Å². The van der Waals surface area contributed by atoms with Gasteiger partial charge in [0.1, 0.15) is 29.9 Å². The Hall–Kier alpha value is -6.63. The number of aliphatic carboxylic acids is 1. The number of nitrogens with two attached hydrogens (primary N) is 2. The first-order valence-corrected chi connectivity index (χ1v) is 21.4. The molecule has 69 heavy (non-hydrogen) atoms. The number of benzene rings is 1. The summed E-state index contributed by atoms with van der Waals surface area (Å²) < 4.78 is 1.93. The number of carboxylic acid groups (broad SMARTS) is 1. The van der Waals surface area contributed by atoms with E-state index in [1.165, 1.54) is 24.3 Å². The average Bonchev–Trinajstić information content (AvgIpc) is 3.64. The van der Waals surface area contributed by atoms with Gasteiger partial charge in [-0.05, 0) is 89.2 Å². The van der Waals surface area contributed by atoms with Crippen LogP contribution in [0.3, 0.4) is 0 Å². The summed E-state index contributed by atoms with van der Waals surface area (Å²) in [5.74, 6) is -6.04. The quantitative estimate of drug-likeness (QED) is 0.0194. The van der Waals surface area contributed by atoms with Crippen molar-refractivity contribution in [3.05, 3.63) is 53.0 Å². The first-order chi connectivity index (χ1) is 32.5. The summed E-state index contributed by atoms with van der Waals surface area (Å²) in [6.45, 7) is 16.2. The van der Waals surface area contributed by atoms with Crippen molar-refractivity contribution < 1.29 is 78.3 Å². The van der Waals surface area contributed by atoms with Crippen LogP contribution in [0.2, 0.25) is 0 Å². The molecular formula is C43H65N13O12Tc+. The van der Waals surface area contributed by atoms with E-state index in [9.17, 15) is 43.8 Å². The number of aromatic hydroxyl groups is 1. The van der Waals surface area contributed by atoms with E-state index in [0.29, 0.717) is 51.0 Å². The predicted molar refractivity (Wildman–Crippen MR) is 248 cm³/mol. The van der Waals surface area contributed by atoms with E-state index in [1.54, 1.807) is 0 Å².